The standard InChI is InChI=1S/C12H23N3O2/c1-12(2,13-3)11(17)14-7-6-10(16)15-8-4-5-9-15/h13H,4-9H2,1-3H3,(H,14,17). The van der Waals surface area contributed by atoms with Gasteiger partial charge in [-0.1, -0.05) is 0 Å². The van der Waals surface area contributed by atoms with Crippen molar-refractivity contribution in [1.82, 2.24) is 15.5 Å². The van der Waals surface area contributed by atoms with Crippen molar-refractivity contribution < 1.29 is 9.59 Å². The third-order valence-electron chi connectivity index (χ3n) is 3.28. The van der Waals surface area contributed by atoms with E-state index in [0.29, 0.717) is 13.0 Å². The fraction of sp³-hybridized carbons (Fsp3) is 0.833. The van der Waals surface area contributed by atoms with Crippen molar-refractivity contribution in [2.45, 2.75) is 38.6 Å². The maximum Gasteiger partial charge on any atom is 0.239 e. The molecule has 2 N–H and O–H groups in total. The van der Waals surface area contributed by atoms with Crippen LogP contribution in [0.3, 0.4) is 0 Å². The SMILES string of the molecule is CNC(C)(C)C(=O)NCCC(=O)N1CCCC1. The van der Waals surface area contributed by atoms with Gasteiger partial charge in [0.05, 0.1) is 5.54 Å². The van der Waals surface area contributed by atoms with Gasteiger partial charge in [-0.05, 0) is 33.7 Å². The molecule has 5 nitrogen and oxygen atoms in total. The predicted molar refractivity (Wildman–Crippen MR) is 66.6 cm³/mol. The number of carbonyl (C=O) groups excluding carboxylic acids is 2. The second-order valence-corrected chi connectivity index (χ2v) is 4.97. The summed E-state index contributed by atoms with van der Waals surface area (Å²) >= 11 is 0. The van der Waals surface area contributed by atoms with E-state index in [1.807, 2.05) is 18.7 Å². The van der Waals surface area contributed by atoms with Crippen molar-refractivity contribution >= 4 is 11.8 Å². The number of likely N-dealkylation sites (tertiary alicyclic amines) is 1. The number of nitrogens with zero attached hydrogens (tertiary/aromatic N) is 1. The molecule has 1 fully saturated rings. The van der Waals surface area contributed by atoms with E-state index in [9.17, 15) is 9.59 Å². The van der Waals surface area contributed by atoms with Crippen LogP contribution in [0.5, 0.6) is 0 Å². The summed E-state index contributed by atoms with van der Waals surface area (Å²) in [6.45, 7) is 5.78. The number of carbonyl (C=O) groups is 2. The van der Waals surface area contributed by atoms with Gasteiger partial charge in [0.1, 0.15) is 0 Å². The van der Waals surface area contributed by atoms with Gasteiger partial charge in [0.2, 0.25) is 11.8 Å². The van der Waals surface area contributed by atoms with Crippen molar-refractivity contribution in [3.63, 3.8) is 0 Å². The van der Waals surface area contributed by atoms with Crippen LogP contribution in [0.2, 0.25) is 0 Å². The molecule has 17 heavy (non-hydrogen) atoms. The van der Waals surface area contributed by atoms with Crippen molar-refractivity contribution in [2.75, 3.05) is 26.7 Å². The van der Waals surface area contributed by atoms with Crippen LogP contribution in [0.25, 0.3) is 0 Å². The Hall–Kier alpha value is -1.10. The highest BCUT2D eigenvalue weighted by atomic mass is 16.2. The van der Waals surface area contributed by atoms with Gasteiger partial charge in [-0.3, -0.25) is 9.59 Å². The highest BCUT2D eigenvalue weighted by Gasteiger charge is 2.25. The van der Waals surface area contributed by atoms with E-state index in [-0.39, 0.29) is 11.8 Å². The molecular weight excluding hydrogens is 218 g/mol. The molecule has 0 bridgehead atoms. The minimum Gasteiger partial charge on any atom is -0.354 e. The number of rotatable bonds is 5. The fourth-order valence-electron chi connectivity index (χ4n) is 1.74. The first-order valence-corrected chi connectivity index (χ1v) is 6.22. The lowest BCUT2D eigenvalue weighted by Gasteiger charge is -2.23. The quantitative estimate of drug-likeness (QED) is 0.718. The van der Waals surface area contributed by atoms with Crippen LogP contribution in [0.15, 0.2) is 0 Å². The zero-order chi connectivity index (χ0) is 12.9. The Labute approximate surface area is 103 Å². The molecular formula is C12H23N3O2. The molecule has 1 heterocycles. The molecule has 0 spiro atoms. The second kappa shape index (κ2) is 6.00. The summed E-state index contributed by atoms with van der Waals surface area (Å²) in [5.74, 6) is 0.0688. The average Bonchev–Trinajstić information content (AvgIpc) is 2.82. The van der Waals surface area contributed by atoms with Crippen molar-refractivity contribution in [1.29, 1.82) is 0 Å². The summed E-state index contributed by atoms with van der Waals surface area (Å²) in [6, 6.07) is 0. The predicted octanol–water partition coefficient (Wildman–Crippen LogP) is 0.113. The molecule has 1 aliphatic rings. The zero-order valence-corrected chi connectivity index (χ0v) is 11.0. The highest BCUT2D eigenvalue weighted by Crippen LogP contribution is 2.08. The van der Waals surface area contributed by atoms with Gasteiger partial charge in [0.15, 0.2) is 0 Å². The van der Waals surface area contributed by atoms with E-state index in [1.165, 1.54) is 0 Å². The molecule has 0 atom stereocenters. The molecule has 5 heteroatoms. The van der Waals surface area contributed by atoms with Crippen LogP contribution in [0.1, 0.15) is 33.1 Å². The zero-order valence-electron chi connectivity index (χ0n) is 11.0. The lowest BCUT2D eigenvalue weighted by Crippen LogP contribution is -2.51. The average molecular weight is 241 g/mol. The molecule has 2 amide bonds. The summed E-state index contributed by atoms with van der Waals surface area (Å²) in [5, 5.41) is 5.71. The molecule has 0 aromatic rings. The largest absolute Gasteiger partial charge is 0.354 e. The van der Waals surface area contributed by atoms with Crippen LogP contribution in [0.4, 0.5) is 0 Å². The van der Waals surface area contributed by atoms with Gasteiger partial charge >= 0.3 is 0 Å². The van der Waals surface area contributed by atoms with E-state index in [0.717, 1.165) is 25.9 Å². The number of likely N-dealkylation sites (N-methyl/N-ethyl adjacent to an activating group) is 1. The van der Waals surface area contributed by atoms with Gasteiger partial charge < -0.3 is 15.5 Å². The minimum atomic E-state index is -0.587. The molecule has 0 aromatic carbocycles. The lowest BCUT2D eigenvalue weighted by atomic mass is 10.1. The maximum absolute atomic E-state index is 11.7. The molecule has 98 valence electrons. The van der Waals surface area contributed by atoms with Gasteiger partial charge in [-0.15, -0.1) is 0 Å². The topological polar surface area (TPSA) is 61.4 Å². The first-order valence-electron chi connectivity index (χ1n) is 6.22. The Morgan fingerprint density at radius 2 is 1.82 bits per heavy atom. The number of hydrogen-bond acceptors (Lipinski definition) is 3. The molecule has 1 aliphatic heterocycles. The molecule has 1 rings (SSSR count). The van der Waals surface area contributed by atoms with E-state index in [1.54, 1.807) is 7.05 Å². The Balaban J connectivity index is 2.23. The Morgan fingerprint density at radius 3 is 2.35 bits per heavy atom. The van der Waals surface area contributed by atoms with Gasteiger partial charge in [-0.2, -0.15) is 0 Å². The van der Waals surface area contributed by atoms with E-state index < -0.39 is 5.54 Å². The van der Waals surface area contributed by atoms with Crippen LogP contribution < -0.4 is 10.6 Å². The van der Waals surface area contributed by atoms with Gasteiger partial charge in [-0.25, -0.2) is 0 Å². The van der Waals surface area contributed by atoms with E-state index in [4.69, 9.17) is 0 Å². The van der Waals surface area contributed by atoms with Crippen LogP contribution in [0, 0.1) is 0 Å². The van der Waals surface area contributed by atoms with Crippen molar-refractivity contribution in [3.8, 4) is 0 Å². The first kappa shape index (κ1) is 14.0. The fourth-order valence-corrected chi connectivity index (χ4v) is 1.74. The Kier molecular flexibility index (Phi) is 4.93. The monoisotopic (exact) mass is 241 g/mol. The first-order chi connectivity index (χ1) is 7.97. The normalized spacial score (nSPS) is 16.1. The van der Waals surface area contributed by atoms with Crippen LogP contribution in [-0.2, 0) is 9.59 Å². The summed E-state index contributed by atoms with van der Waals surface area (Å²) in [4.78, 5) is 25.3. The van der Waals surface area contributed by atoms with Crippen molar-refractivity contribution in [3.05, 3.63) is 0 Å². The Morgan fingerprint density at radius 1 is 1.24 bits per heavy atom. The van der Waals surface area contributed by atoms with E-state index >= 15 is 0 Å². The molecule has 0 aromatic heterocycles. The third-order valence-corrected chi connectivity index (χ3v) is 3.28. The minimum absolute atomic E-state index is 0.0748. The summed E-state index contributed by atoms with van der Waals surface area (Å²) in [6.07, 6.45) is 2.60. The highest BCUT2D eigenvalue weighted by molar-refractivity contribution is 5.86. The summed E-state index contributed by atoms with van der Waals surface area (Å²) in [5.41, 5.74) is -0.587. The molecule has 0 unspecified atom stereocenters. The van der Waals surface area contributed by atoms with Crippen molar-refractivity contribution in [2.24, 2.45) is 0 Å². The molecule has 1 saturated heterocycles. The second-order valence-electron chi connectivity index (χ2n) is 4.97. The van der Waals surface area contributed by atoms with Crippen LogP contribution >= 0.6 is 0 Å². The number of nitrogens with one attached hydrogen (secondary N) is 2. The third kappa shape index (κ3) is 4.00. The molecule has 0 aliphatic carbocycles. The number of amides is 2. The number of hydrogen-bond donors (Lipinski definition) is 2. The van der Waals surface area contributed by atoms with E-state index in [2.05, 4.69) is 10.6 Å². The maximum atomic E-state index is 11.7. The van der Waals surface area contributed by atoms with Crippen LogP contribution in [-0.4, -0.2) is 48.9 Å². The van der Waals surface area contributed by atoms with Gasteiger partial charge in [0, 0.05) is 26.1 Å². The Bertz CT molecular complexity index is 283. The molecule has 0 radical (unpaired) electrons. The summed E-state index contributed by atoms with van der Waals surface area (Å²) < 4.78 is 0. The van der Waals surface area contributed by atoms with Gasteiger partial charge in [0.25, 0.3) is 0 Å². The summed E-state index contributed by atoms with van der Waals surface area (Å²) in [7, 11) is 1.75. The lowest BCUT2D eigenvalue weighted by molar-refractivity contribution is -0.130. The molecule has 0 saturated carbocycles. The smallest absolute Gasteiger partial charge is 0.239 e.